The summed E-state index contributed by atoms with van der Waals surface area (Å²) in [7, 11) is -3.43. The van der Waals surface area contributed by atoms with E-state index >= 15 is 0 Å². The molecule has 0 N–H and O–H groups in total. The minimum Gasteiger partial charge on any atom is -0.301 e. The van der Waals surface area contributed by atoms with Crippen LogP contribution in [-0.4, -0.2) is 37.9 Å². The highest BCUT2D eigenvalue weighted by Gasteiger charge is 2.37. The van der Waals surface area contributed by atoms with E-state index in [1.165, 1.54) is 0 Å². The lowest BCUT2D eigenvalue weighted by atomic mass is 10.1. The molecule has 1 aromatic heterocycles. The summed E-state index contributed by atoms with van der Waals surface area (Å²) < 4.78 is 101. The number of rotatable bonds is 6. The minimum atomic E-state index is -5.03. The molecule has 0 unspecified atom stereocenters. The number of alkyl halides is 6. The van der Waals surface area contributed by atoms with Gasteiger partial charge in [0.15, 0.2) is 5.15 Å². The Bertz CT molecular complexity index is 1050. The van der Waals surface area contributed by atoms with Gasteiger partial charge in [0.1, 0.15) is 19.8 Å². The van der Waals surface area contributed by atoms with E-state index in [-0.39, 0.29) is 34.2 Å². The van der Waals surface area contributed by atoms with Crippen molar-refractivity contribution >= 4 is 43.7 Å². The molecule has 2 aromatic rings. The monoisotopic (exact) mass is 508 g/mol. The predicted octanol–water partition coefficient (Wildman–Crippen LogP) is 5.29. The van der Waals surface area contributed by atoms with Gasteiger partial charge in [-0.15, -0.1) is 0 Å². The van der Waals surface area contributed by atoms with Crippen molar-refractivity contribution in [3.05, 3.63) is 34.5 Å². The largest absolute Gasteiger partial charge is 0.416 e. The summed E-state index contributed by atoms with van der Waals surface area (Å²) in [5.74, 6) is -1.07. The van der Waals surface area contributed by atoms with E-state index in [1.54, 1.807) is 6.92 Å². The lowest BCUT2D eigenvalue weighted by Crippen LogP contribution is -2.31. The van der Waals surface area contributed by atoms with Gasteiger partial charge in [0.2, 0.25) is 5.91 Å². The molecule has 0 saturated heterocycles. The maximum atomic E-state index is 13.1. The van der Waals surface area contributed by atoms with Crippen LogP contribution in [0.3, 0.4) is 0 Å². The van der Waals surface area contributed by atoms with Crippen LogP contribution in [0, 0.1) is 0 Å². The van der Waals surface area contributed by atoms with Gasteiger partial charge in [-0.25, -0.2) is 13.4 Å². The highest BCUT2D eigenvalue weighted by atomic mass is 35.5. The molecule has 1 heterocycles. The van der Waals surface area contributed by atoms with Crippen LogP contribution in [-0.2, 0) is 27.0 Å². The van der Waals surface area contributed by atoms with Gasteiger partial charge in [0.25, 0.3) is 0 Å². The van der Waals surface area contributed by atoms with Crippen molar-refractivity contribution in [2.24, 2.45) is 0 Å². The Hall–Kier alpha value is -1.86. The molecule has 1 amide bonds. The smallest absolute Gasteiger partial charge is 0.301 e. The first-order valence-corrected chi connectivity index (χ1v) is 11.7. The third-order valence-electron chi connectivity index (χ3n) is 3.95. The molecule has 31 heavy (non-hydrogen) atoms. The Labute approximate surface area is 182 Å². The zero-order valence-corrected chi connectivity index (χ0v) is 18.3. The number of carbonyl (C=O) groups is 1. The highest BCUT2D eigenvalue weighted by molar-refractivity contribution is 7.90. The van der Waals surface area contributed by atoms with Crippen LogP contribution in [0.2, 0.25) is 5.15 Å². The fraction of sp³-hybridized carbons (Fsp3) is 0.412. The maximum Gasteiger partial charge on any atom is 0.416 e. The highest BCUT2D eigenvalue weighted by Crippen LogP contribution is 2.42. The van der Waals surface area contributed by atoms with Gasteiger partial charge in [0.05, 0.1) is 16.9 Å². The van der Waals surface area contributed by atoms with Gasteiger partial charge in [-0.1, -0.05) is 22.9 Å². The van der Waals surface area contributed by atoms with E-state index in [4.69, 9.17) is 11.6 Å². The number of benzene rings is 1. The molecule has 0 aliphatic carbocycles. The second kappa shape index (κ2) is 8.94. The van der Waals surface area contributed by atoms with Gasteiger partial charge < -0.3 is 4.90 Å². The number of sulfone groups is 1. The second-order valence-electron chi connectivity index (χ2n) is 6.43. The molecule has 0 saturated carbocycles. The van der Waals surface area contributed by atoms with Gasteiger partial charge >= 0.3 is 12.4 Å². The molecule has 0 fully saturated rings. The number of anilines is 1. The zero-order chi connectivity index (χ0) is 23.8. The Morgan fingerprint density at radius 3 is 2.03 bits per heavy atom. The Balaban J connectivity index is 2.50. The van der Waals surface area contributed by atoms with Crippen LogP contribution in [0.4, 0.5) is 31.3 Å². The third-order valence-corrected chi connectivity index (χ3v) is 6.40. The molecular formula is C17H15ClF6N2O3S2. The molecule has 0 bridgehead atoms. The van der Waals surface area contributed by atoms with Crippen LogP contribution in [0.15, 0.2) is 18.2 Å². The number of thiazole rings is 1. The lowest BCUT2D eigenvalue weighted by Gasteiger charge is -2.18. The molecule has 0 aliphatic heterocycles. The first-order valence-electron chi connectivity index (χ1n) is 8.47. The fourth-order valence-electron chi connectivity index (χ4n) is 2.50. The molecule has 0 spiro atoms. The van der Waals surface area contributed by atoms with E-state index in [2.05, 4.69) is 4.98 Å². The van der Waals surface area contributed by atoms with Crippen molar-refractivity contribution in [3.63, 3.8) is 0 Å². The third kappa shape index (κ3) is 6.56. The first-order chi connectivity index (χ1) is 14.0. The van der Waals surface area contributed by atoms with Crippen LogP contribution < -0.4 is 4.90 Å². The van der Waals surface area contributed by atoms with E-state index in [9.17, 15) is 39.6 Å². The molecule has 0 atom stereocenters. The van der Waals surface area contributed by atoms with Crippen LogP contribution in [0.25, 0.3) is 10.6 Å². The quantitative estimate of drug-likeness (QED) is 0.497. The molecule has 2 rings (SSSR count). The number of halogens is 7. The molecule has 14 heteroatoms. The average molecular weight is 509 g/mol. The van der Waals surface area contributed by atoms with E-state index < -0.39 is 50.5 Å². The topological polar surface area (TPSA) is 67.3 Å². The molecule has 0 radical (unpaired) electrons. The van der Waals surface area contributed by atoms with Crippen molar-refractivity contribution in [1.82, 2.24) is 4.98 Å². The molecular weight excluding hydrogens is 494 g/mol. The maximum absolute atomic E-state index is 13.1. The number of carbonyl (C=O) groups excluding carboxylic acids is 1. The Morgan fingerprint density at radius 1 is 1.10 bits per heavy atom. The van der Waals surface area contributed by atoms with Crippen LogP contribution in [0.5, 0.6) is 0 Å². The Kier molecular flexibility index (Phi) is 7.33. The summed E-state index contributed by atoms with van der Waals surface area (Å²) in [6.07, 6.45) is -9.49. The van der Waals surface area contributed by atoms with E-state index in [0.717, 1.165) is 11.2 Å². The van der Waals surface area contributed by atoms with Gasteiger partial charge in [0, 0.05) is 24.8 Å². The summed E-state index contributed by atoms with van der Waals surface area (Å²) in [6.45, 7) is 1.57. The van der Waals surface area contributed by atoms with Gasteiger partial charge in [-0.05, 0) is 25.1 Å². The van der Waals surface area contributed by atoms with E-state index in [1.807, 2.05) is 0 Å². The summed E-state index contributed by atoms with van der Waals surface area (Å²) >= 11 is 6.63. The first kappa shape index (κ1) is 25.4. The molecule has 0 aliphatic rings. The summed E-state index contributed by atoms with van der Waals surface area (Å²) in [5.41, 5.74) is -3.50. The zero-order valence-electron chi connectivity index (χ0n) is 15.9. The fourth-order valence-corrected chi connectivity index (χ4v) is 4.43. The van der Waals surface area contributed by atoms with Crippen molar-refractivity contribution in [3.8, 4) is 10.6 Å². The van der Waals surface area contributed by atoms with E-state index in [0.29, 0.717) is 23.5 Å². The molecule has 5 nitrogen and oxygen atoms in total. The Morgan fingerprint density at radius 2 is 1.61 bits per heavy atom. The predicted molar refractivity (Wildman–Crippen MR) is 105 cm³/mol. The second-order valence-corrected chi connectivity index (χ2v) is 10.0. The number of amides is 1. The summed E-state index contributed by atoms with van der Waals surface area (Å²) in [6, 6.07) is 1.01. The normalized spacial score (nSPS) is 12.8. The molecule has 1 aromatic carbocycles. The van der Waals surface area contributed by atoms with Gasteiger partial charge in [-0.3, -0.25) is 4.79 Å². The number of hydrogen-bond acceptors (Lipinski definition) is 5. The SMILES string of the molecule is CCN(C(=O)CCS(C)(=O)=O)c1sc(-c2cc(C(F)(F)F)cc(C(F)(F)F)c2)nc1Cl. The lowest BCUT2D eigenvalue weighted by molar-refractivity contribution is -0.143. The summed E-state index contributed by atoms with van der Waals surface area (Å²) in [4.78, 5) is 17.3. The van der Waals surface area contributed by atoms with Crippen LogP contribution in [0.1, 0.15) is 24.5 Å². The van der Waals surface area contributed by atoms with Crippen molar-refractivity contribution in [1.29, 1.82) is 0 Å². The average Bonchev–Trinajstić information content (AvgIpc) is 3.00. The van der Waals surface area contributed by atoms with Crippen molar-refractivity contribution in [2.75, 3.05) is 23.5 Å². The number of aromatic nitrogens is 1. The van der Waals surface area contributed by atoms with Crippen molar-refractivity contribution < 1.29 is 39.6 Å². The van der Waals surface area contributed by atoms with Crippen LogP contribution >= 0.6 is 22.9 Å². The van der Waals surface area contributed by atoms with Crippen molar-refractivity contribution in [2.45, 2.75) is 25.7 Å². The molecule has 172 valence electrons. The summed E-state index contributed by atoms with van der Waals surface area (Å²) in [5, 5.41) is -0.574. The van der Waals surface area contributed by atoms with Gasteiger partial charge in [-0.2, -0.15) is 26.3 Å². The minimum absolute atomic E-state index is 0.00726. The number of nitrogens with zero attached hydrogens (tertiary/aromatic N) is 2. The number of hydrogen-bond donors (Lipinski definition) is 0. The standard InChI is InChI=1S/C17H15ClF6N2O3S2/c1-3-26(12(27)4-5-31(2,28)29)15-13(18)25-14(30-15)9-6-10(16(19,20)21)8-11(7-9)17(22,23)24/h6-8H,3-5H2,1-2H3.